The molecule has 1 aromatic heterocycles. The average molecular weight is 615 g/mol. The number of fused-ring (bicyclic) bond motifs is 1. The van der Waals surface area contributed by atoms with Crippen molar-refractivity contribution < 1.29 is 40.2 Å². The maximum Gasteiger partial charge on any atom is 0.340 e. The summed E-state index contributed by atoms with van der Waals surface area (Å²) in [6.07, 6.45) is -2.41. The highest BCUT2D eigenvalue weighted by molar-refractivity contribution is 7.90. The van der Waals surface area contributed by atoms with Crippen molar-refractivity contribution in [2.24, 2.45) is 0 Å². The molecular formula is C28H34F4N4O5S. The predicted molar refractivity (Wildman–Crippen MR) is 151 cm³/mol. The summed E-state index contributed by atoms with van der Waals surface area (Å²) in [6, 6.07) is 8.69. The Balaban J connectivity index is 1.82. The molecule has 0 atom stereocenters. The van der Waals surface area contributed by atoms with Crippen LogP contribution in [0.4, 0.5) is 23.2 Å². The molecule has 0 aliphatic carbocycles. The van der Waals surface area contributed by atoms with Gasteiger partial charge in [-0.1, -0.05) is 13.8 Å². The second-order valence-electron chi connectivity index (χ2n) is 10.7. The molecule has 9 nitrogen and oxygen atoms in total. The second kappa shape index (κ2) is 12.0. The van der Waals surface area contributed by atoms with Crippen LogP contribution in [-0.4, -0.2) is 77.1 Å². The molecule has 2 heterocycles. The van der Waals surface area contributed by atoms with E-state index >= 15 is 0 Å². The van der Waals surface area contributed by atoms with E-state index in [4.69, 9.17) is 9.47 Å². The predicted octanol–water partition coefficient (Wildman–Crippen LogP) is 3.99. The van der Waals surface area contributed by atoms with Gasteiger partial charge in [-0.05, 0) is 42.0 Å². The van der Waals surface area contributed by atoms with Crippen LogP contribution in [0.25, 0.3) is 10.9 Å². The minimum atomic E-state index is -4.38. The summed E-state index contributed by atoms with van der Waals surface area (Å²) in [5, 5.41) is 6.53. The lowest BCUT2D eigenvalue weighted by Crippen LogP contribution is -2.44. The van der Waals surface area contributed by atoms with Gasteiger partial charge in [-0.15, -0.1) is 0 Å². The number of hydrogen-bond donors (Lipinski definition) is 2. The number of aromatic nitrogens is 1. The van der Waals surface area contributed by atoms with Crippen LogP contribution >= 0.6 is 0 Å². The van der Waals surface area contributed by atoms with Crippen LogP contribution in [0.15, 0.2) is 47.5 Å². The first-order valence-corrected chi connectivity index (χ1v) is 14.7. The maximum absolute atomic E-state index is 14.1. The molecule has 230 valence electrons. The number of methoxy groups -OCH3 is 1. The van der Waals surface area contributed by atoms with E-state index in [0.717, 1.165) is 3.97 Å². The topological polar surface area (TPSA) is 102 Å². The van der Waals surface area contributed by atoms with Crippen LogP contribution in [0.5, 0.6) is 11.5 Å². The Kier molecular flexibility index (Phi) is 8.97. The minimum absolute atomic E-state index is 0.129. The molecule has 0 radical (unpaired) electrons. The molecule has 0 saturated carbocycles. The van der Waals surface area contributed by atoms with Crippen molar-refractivity contribution in [3.05, 3.63) is 48.2 Å². The van der Waals surface area contributed by atoms with E-state index in [1.165, 1.54) is 38.4 Å². The van der Waals surface area contributed by atoms with Gasteiger partial charge in [0.15, 0.2) is 6.61 Å². The molecule has 1 aliphatic rings. The third kappa shape index (κ3) is 6.43. The number of alkyl halides is 4. The summed E-state index contributed by atoms with van der Waals surface area (Å²) in [4.78, 5) is 13.2. The van der Waals surface area contributed by atoms with Crippen molar-refractivity contribution in [3.8, 4) is 11.5 Å². The van der Waals surface area contributed by atoms with Crippen molar-refractivity contribution in [2.75, 3.05) is 51.3 Å². The summed E-state index contributed by atoms with van der Waals surface area (Å²) in [7, 11) is -2.77. The lowest BCUT2D eigenvalue weighted by molar-refractivity contribution is -0.148. The number of nitrogens with one attached hydrogen (secondary N) is 2. The number of carbonyl (C=O) groups is 1. The van der Waals surface area contributed by atoms with Gasteiger partial charge in [-0.3, -0.25) is 4.79 Å². The van der Waals surface area contributed by atoms with Gasteiger partial charge in [-0.2, -0.15) is 8.78 Å². The van der Waals surface area contributed by atoms with E-state index < -0.39 is 34.4 Å². The minimum Gasteiger partial charge on any atom is -0.497 e. The van der Waals surface area contributed by atoms with Crippen molar-refractivity contribution in [2.45, 2.75) is 43.4 Å². The Labute approximate surface area is 241 Å². The summed E-state index contributed by atoms with van der Waals surface area (Å²) < 4.78 is 92.8. The Morgan fingerprint density at radius 2 is 1.81 bits per heavy atom. The van der Waals surface area contributed by atoms with Gasteiger partial charge in [0.05, 0.1) is 23.2 Å². The van der Waals surface area contributed by atoms with Gasteiger partial charge in [0.2, 0.25) is 5.91 Å². The van der Waals surface area contributed by atoms with E-state index in [2.05, 4.69) is 10.6 Å². The summed E-state index contributed by atoms with van der Waals surface area (Å²) in [5.41, 5.74) is 0.524. The number of anilines is 1. The monoisotopic (exact) mass is 614 g/mol. The van der Waals surface area contributed by atoms with E-state index in [9.17, 15) is 30.8 Å². The van der Waals surface area contributed by atoms with Crippen molar-refractivity contribution in [1.82, 2.24) is 14.6 Å². The zero-order valence-corrected chi connectivity index (χ0v) is 24.5. The first kappa shape index (κ1) is 31.4. The number of amides is 1. The maximum atomic E-state index is 14.1. The molecule has 1 fully saturated rings. The number of hydrogen-bond acceptors (Lipinski definition) is 7. The van der Waals surface area contributed by atoms with E-state index in [1.54, 1.807) is 23.1 Å². The normalized spacial score (nSPS) is 14.8. The highest BCUT2D eigenvalue weighted by atomic mass is 32.2. The van der Waals surface area contributed by atoms with E-state index in [0.29, 0.717) is 48.4 Å². The van der Waals surface area contributed by atoms with Crippen LogP contribution in [0, 0.1) is 0 Å². The molecular weight excluding hydrogens is 580 g/mol. The molecule has 3 aromatic rings. The van der Waals surface area contributed by atoms with Gasteiger partial charge >= 0.3 is 12.3 Å². The molecule has 0 unspecified atom stereocenters. The zero-order chi connectivity index (χ0) is 30.9. The molecule has 14 heteroatoms. The number of benzene rings is 2. The summed E-state index contributed by atoms with van der Waals surface area (Å²) in [6.45, 7) is 5.73. The molecule has 0 spiro atoms. The summed E-state index contributed by atoms with van der Waals surface area (Å²) in [5.74, 6) is -4.23. The van der Waals surface area contributed by atoms with Crippen molar-refractivity contribution in [1.29, 1.82) is 0 Å². The first-order chi connectivity index (χ1) is 19.7. The molecule has 4 rings (SSSR count). The Morgan fingerprint density at radius 3 is 2.43 bits per heavy atom. The Hall–Kier alpha value is -3.52. The highest BCUT2D eigenvalue weighted by Gasteiger charge is 2.42. The first-order valence-electron chi connectivity index (χ1n) is 13.3. The van der Waals surface area contributed by atoms with Gasteiger partial charge in [-0.25, -0.2) is 21.2 Å². The van der Waals surface area contributed by atoms with E-state index in [1.807, 2.05) is 13.8 Å². The van der Waals surface area contributed by atoms with Gasteiger partial charge in [0.25, 0.3) is 10.0 Å². The molecule has 1 saturated heterocycles. The fourth-order valence-electron chi connectivity index (χ4n) is 4.77. The average Bonchev–Trinajstić information content (AvgIpc) is 3.36. The van der Waals surface area contributed by atoms with E-state index in [-0.39, 0.29) is 28.8 Å². The highest BCUT2D eigenvalue weighted by Crippen LogP contribution is 2.38. The van der Waals surface area contributed by atoms with Crippen LogP contribution in [0.2, 0.25) is 0 Å². The number of rotatable bonds is 11. The fraction of sp³-hybridized carbons (Fsp3) is 0.464. The molecule has 0 bridgehead atoms. The zero-order valence-electron chi connectivity index (χ0n) is 23.7. The fourth-order valence-corrected chi connectivity index (χ4v) is 6.16. The molecule has 42 heavy (non-hydrogen) atoms. The third-order valence-corrected chi connectivity index (χ3v) is 8.84. The standard InChI is InChI=1S/C28H34F4N4O5S/c1-18(37)34-16-27(2,3)22-15-36(23-7-5-19(40-4)13-21(22)23)42(38,39)20-6-8-25(41-17-28(31,32)26(29)30)24(14-20)35-11-9-33-10-12-35/h5-8,13-15,26,33H,9-12,16-17H2,1-4H3,(H,34,37). The number of ether oxygens (including phenoxy) is 2. The smallest absolute Gasteiger partial charge is 0.340 e. The van der Waals surface area contributed by atoms with Crippen LogP contribution < -0.4 is 25.0 Å². The van der Waals surface area contributed by atoms with Gasteiger partial charge in [0, 0.05) is 56.6 Å². The molecule has 2 aromatic carbocycles. The number of nitrogens with zero attached hydrogens (tertiary/aromatic N) is 2. The Bertz CT molecular complexity index is 1550. The van der Waals surface area contributed by atoms with Crippen LogP contribution in [0.1, 0.15) is 26.3 Å². The number of carbonyl (C=O) groups excluding carboxylic acids is 1. The summed E-state index contributed by atoms with van der Waals surface area (Å²) >= 11 is 0. The molecule has 1 amide bonds. The van der Waals surface area contributed by atoms with Crippen molar-refractivity contribution >= 4 is 32.5 Å². The lowest BCUT2D eigenvalue weighted by Gasteiger charge is -2.31. The van der Waals surface area contributed by atoms with Crippen LogP contribution in [-0.2, 0) is 20.2 Å². The van der Waals surface area contributed by atoms with Crippen LogP contribution in [0.3, 0.4) is 0 Å². The second-order valence-corrected chi connectivity index (χ2v) is 12.6. The quantitative estimate of drug-likeness (QED) is 0.315. The van der Waals surface area contributed by atoms with Crippen molar-refractivity contribution in [3.63, 3.8) is 0 Å². The number of halogens is 4. The lowest BCUT2D eigenvalue weighted by atomic mass is 9.84. The SMILES string of the molecule is COc1ccc2c(c1)c(C(C)(C)CNC(C)=O)cn2S(=O)(=O)c1ccc(OCC(F)(F)C(F)F)c(N2CCNCC2)c1. The Morgan fingerprint density at radius 1 is 1.12 bits per heavy atom. The molecule has 1 aliphatic heterocycles. The van der Waals surface area contributed by atoms with Gasteiger partial charge in [0.1, 0.15) is 11.5 Å². The largest absolute Gasteiger partial charge is 0.497 e. The van der Waals surface area contributed by atoms with Gasteiger partial charge < -0.3 is 25.0 Å². The molecule has 2 N–H and O–H groups in total. The number of piperazine rings is 1. The third-order valence-electron chi connectivity index (χ3n) is 7.17.